The molecule has 140 valence electrons. The number of carbonyl (C=O) groups is 1. The average Bonchev–Trinajstić information content (AvgIpc) is 2.58. The fourth-order valence-electron chi connectivity index (χ4n) is 3.24. The SMILES string of the molecule is CCNC(=NCC(C)c1ccccc1)N1CCCC(CC(N)=O)C1.I. The van der Waals surface area contributed by atoms with E-state index in [1.54, 1.807) is 0 Å². The van der Waals surface area contributed by atoms with Gasteiger partial charge in [-0.05, 0) is 31.2 Å². The third-order valence-electron chi connectivity index (χ3n) is 4.53. The van der Waals surface area contributed by atoms with Gasteiger partial charge in [-0.15, -0.1) is 24.0 Å². The number of guanidine groups is 1. The van der Waals surface area contributed by atoms with E-state index >= 15 is 0 Å². The summed E-state index contributed by atoms with van der Waals surface area (Å²) in [7, 11) is 0. The van der Waals surface area contributed by atoms with Crippen LogP contribution in [0.5, 0.6) is 0 Å². The van der Waals surface area contributed by atoms with Gasteiger partial charge in [-0.3, -0.25) is 9.79 Å². The molecule has 1 aliphatic rings. The molecular formula is C19H31IN4O. The van der Waals surface area contributed by atoms with Crippen molar-refractivity contribution < 1.29 is 4.79 Å². The van der Waals surface area contributed by atoms with Gasteiger partial charge in [0.05, 0.1) is 0 Å². The Morgan fingerprint density at radius 2 is 2.12 bits per heavy atom. The summed E-state index contributed by atoms with van der Waals surface area (Å²) in [6.45, 7) is 7.73. The Hall–Kier alpha value is -1.31. The van der Waals surface area contributed by atoms with Crippen molar-refractivity contribution in [3.05, 3.63) is 35.9 Å². The molecule has 2 rings (SSSR count). The summed E-state index contributed by atoms with van der Waals surface area (Å²) in [5.41, 5.74) is 6.67. The minimum absolute atomic E-state index is 0. The van der Waals surface area contributed by atoms with E-state index in [-0.39, 0.29) is 29.9 Å². The number of likely N-dealkylation sites (tertiary alicyclic amines) is 1. The van der Waals surface area contributed by atoms with Crippen LogP contribution in [0.4, 0.5) is 0 Å². The van der Waals surface area contributed by atoms with Crippen molar-refractivity contribution in [2.75, 3.05) is 26.2 Å². The third-order valence-corrected chi connectivity index (χ3v) is 4.53. The van der Waals surface area contributed by atoms with Gasteiger partial charge in [-0.25, -0.2) is 0 Å². The molecule has 2 atom stereocenters. The molecule has 0 aliphatic carbocycles. The molecule has 0 radical (unpaired) electrons. The normalized spacial score (nSPS) is 19.0. The highest BCUT2D eigenvalue weighted by Crippen LogP contribution is 2.20. The van der Waals surface area contributed by atoms with E-state index in [1.165, 1.54) is 5.56 Å². The summed E-state index contributed by atoms with van der Waals surface area (Å²) in [4.78, 5) is 18.3. The van der Waals surface area contributed by atoms with Gasteiger partial charge >= 0.3 is 0 Å². The number of rotatable bonds is 6. The van der Waals surface area contributed by atoms with E-state index in [4.69, 9.17) is 10.7 Å². The molecule has 1 aliphatic heterocycles. The molecule has 1 aromatic carbocycles. The Morgan fingerprint density at radius 1 is 1.40 bits per heavy atom. The van der Waals surface area contributed by atoms with Gasteiger partial charge in [0.2, 0.25) is 5.91 Å². The quantitative estimate of drug-likeness (QED) is 0.391. The van der Waals surface area contributed by atoms with Crippen LogP contribution in [-0.4, -0.2) is 42.9 Å². The van der Waals surface area contributed by atoms with Crippen molar-refractivity contribution in [1.82, 2.24) is 10.2 Å². The van der Waals surface area contributed by atoms with Gasteiger partial charge in [0.25, 0.3) is 0 Å². The van der Waals surface area contributed by atoms with E-state index in [0.717, 1.165) is 45.0 Å². The molecule has 0 aromatic heterocycles. The number of aliphatic imine (C=N–C) groups is 1. The van der Waals surface area contributed by atoms with Crippen LogP contribution in [0, 0.1) is 5.92 Å². The zero-order chi connectivity index (χ0) is 17.4. The minimum Gasteiger partial charge on any atom is -0.370 e. The van der Waals surface area contributed by atoms with E-state index in [9.17, 15) is 4.79 Å². The number of nitrogens with two attached hydrogens (primary N) is 1. The molecule has 1 aromatic rings. The summed E-state index contributed by atoms with van der Waals surface area (Å²) >= 11 is 0. The summed E-state index contributed by atoms with van der Waals surface area (Å²) in [5.74, 6) is 1.47. The van der Waals surface area contributed by atoms with Crippen LogP contribution in [0.25, 0.3) is 0 Å². The fourth-order valence-corrected chi connectivity index (χ4v) is 3.24. The first-order chi connectivity index (χ1) is 11.6. The Kier molecular flexibility index (Phi) is 9.85. The predicted molar refractivity (Wildman–Crippen MR) is 114 cm³/mol. The second-order valence-corrected chi connectivity index (χ2v) is 6.63. The first-order valence-electron chi connectivity index (χ1n) is 8.96. The smallest absolute Gasteiger partial charge is 0.217 e. The lowest BCUT2D eigenvalue weighted by Gasteiger charge is -2.34. The third kappa shape index (κ3) is 7.22. The molecule has 5 nitrogen and oxygen atoms in total. The first kappa shape index (κ1) is 21.7. The van der Waals surface area contributed by atoms with Crippen molar-refractivity contribution in [1.29, 1.82) is 0 Å². The Morgan fingerprint density at radius 3 is 2.76 bits per heavy atom. The largest absolute Gasteiger partial charge is 0.370 e. The van der Waals surface area contributed by atoms with Crippen LogP contribution in [0.3, 0.4) is 0 Å². The maximum Gasteiger partial charge on any atom is 0.217 e. The van der Waals surface area contributed by atoms with Gasteiger partial charge in [-0.2, -0.15) is 0 Å². The highest BCUT2D eigenvalue weighted by atomic mass is 127. The number of primary amides is 1. The minimum atomic E-state index is -0.207. The van der Waals surface area contributed by atoms with E-state index in [0.29, 0.717) is 18.3 Å². The topological polar surface area (TPSA) is 70.7 Å². The van der Waals surface area contributed by atoms with E-state index in [2.05, 4.69) is 48.3 Å². The molecule has 0 saturated carbocycles. The second-order valence-electron chi connectivity index (χ2n) is 6.63. The Labute approximate surface area is 168 Å². The number of halogens is 1. The van der Waals surface area contributed by atoms with Crippen LogP contribution in [0.1, 0.15) is 44.6 Å². The molecule has 1 fully saturated rings. The lowest BCUT2D eigenvalue weighted by molar-refractivity contribution is -0.119. The van der Waals surface area contributed by atoms with Crippen molar-refractivity contribution in [2.24, 2.45) is 16.6 Å². The number of nitrogens with zero attached hydrogens (tertiary/aromatic N) is 2. The van der Waals surface area contributed by atoms with Crippen LogP contribution in [0.15, 0.2) is 35.3 Å². The first-order valence-corrected chi connectivity index (χ1v) is 8.96. The number of benzene rings is 1. The summed E-state index contributed by atoms with van der Waals surface area (Å²) in [6, 6.07) is 10.5. The van der Waals surface area contributed by atoms with Crippen molar-refractivity contribution in [3.63, 3.8) is 0 Å². The van der Waals surface area contributed by atoms with E-state index < -0.39 is 0 Å². The highest BCUT2D eigenvalue weighted by Gasteiger charge is 2.23. The zero-order valence-electron chi connectivity index (χ0n) is 15.3. The average molecular weight is 458 g/mol. The van der Waals surface area contributed by atoms with Gasteiger partial charge in [0, 0.05) is 38.5 Å². The molecule has 1 saturated heterocycles. The number of hydrogen-bond donors (Lipinski definition) is 2. The Balaban J connectivity index is 0.00000312. The molecule has 2 unspecified atom stereocenters. The van der Waals surface area contributed by atoms with Crippen LogP contribution in [0.2, 0.25) is 0 Å². The number of nitrogens with one attached hydrogen (secondary N) is 1. The monoisotopic (exact) mass is 458 g/mol. The van der Waals surface area contributed by atoms with Crippen molar-refractivity contribution in [3.8, 4) is 0 Å². The molecule has 0 spiro atoms. The number of piperidine rings is 1. The lowest BCUT2D eigenvalue weighted by Crippen LogP contribution is -2.47. The molecule has 0 bridgehead atoms. The van der Waals surface area contributed by atoms with E-state index in [1.807, 2.05) is 6.07 Å². The predicted octanol–water partition coefficient (Wildman–Crippen LogP) is 2.96. The fraction of sp³-hybridized carbons (Fsp3) is 0.579. The summed E-state index contributed by atoms with van der Waals surface area (Å²) in [5, 5.41) is 3.39. The van der Waals surface area contributed by atoms with Crippen LogP contribution in [-0.2, 0) is 4.79 Å². The van der Waals surface area contributed by atoms with Gasteiger partial charge in [0.1, 0.15) is 0 Å². The number of carbonyl (C=O) groups excluding carboxylic acids is 1. The Bertz CT molecular complexity index is 550. The van der Waals surface area contributed by atoms with Gasteiger partial charge < -0.3 is 16.0 Å². The molecule has 1 heterocycles. The molecular weight excluding hydrogens is 427 g/mol. The van der Waals surface area contributed by atoms with Gasteiger partial charge in [-0.1, -0.05) is 37.3 Å². The standard InChI is InChI=1S/C19H30N4O.HI/c1-3-21-19(22-13-15(2)17-9-5-4-6-10-17)23-11-7-8-16(14-23)12-18(20)24;/h4-6,9-10,15-16H,3,7-8,11-14H2,1-2H3,(H2,20,24)(H,21,22);1H. The molecule has 25 heavy (non-hydrogen) atoms. The highest BCUT2D eigenvalue weighted by molar-refractivity contribution is 14.0. The number of hydrogen-bond acceptors (Lipinski definition) is 2. The van der Waals surface area contributed by atoms with Crippen LogP contribution >= 0.6 is 24.0 Å². The maximum atomic E-state index is 11.2. The molecule has 6 heteroatoms. The molecule has 1 amide bonds. The zero-order valence-corrected chi connectivity index (χ0v) is 17.6. The van der Waals surface area contributed by atoms with Gasteiger partial charge in [0.15, 0.2) is 5.96 Å². The second kappa shape index (κ2) is 11.3. The van der Waals surface area contributed by atoms with Crippen LogP contribution < -0.4 is 11.1 Å². The summed E-state index contributed by atoms with van der Waals surface area (Å²) in [6.07, 6.45) is 2.62. The van der Waals surface area contributed by atoms with Crippen molar-refractivity contribution in [2.45, 2.75) is 39.0 Å². The van der Waals surface area contributed by atoms with Crippen molar-refractivity contribution >= 4 is 35.8 Å². The molecule has 3 N–H and O–H groups in total. The lowest BCUT2D eigenvalue weighted by atomic mass is 9.95. The number of amides is 1. The maximum absolute atomic E-state index is 11.2. The summed E-state index contributed by atoms with van der Waals surface area (Å²) < 4.78 is 0.